The highest BCUT2D eigenvalue weighted by atomic mass is 16.5. The molecule has 1 amide bonds. The van der Waals surface area contributed by atoms with Crippen molar-refractivity contribution in [1.82, 2.24) is 19.9 Å². The number of hydrogen-bond donors (Lipinski definition) is 1. The lowest BCUT2D eigenvalue weighted by atomic mass is 10.2. The largest absolute Gasteiger partial charge is 0.497 e. The van der Waals surface area contributed by atoms with Gasteiger partial charge in [0.25, 0.3) is 5.91 Å². The van der Waals surface area contributed by atoms with E-state index < -0.39 is 0 Å². The van der Waals surface area contributed by atoms with Crippen LogP contribution in [0, 0.1) is 0 Å². The minimum absolute atomic E-state index is 0.193. The molecule has 2 aromatic carbocycles. The average Bonchev–Trinajstić information content (AvgIpc) is 3.15. The summed E-state index contributed by atoms with van der Waals surface area (Å²) in [7, 11) is 3.22. The molecule has 0 aliphatic rings. The van der Waals surface area contributed by atoms with Crippen LogP contribution in [0.1, 0.15) is 21.7 Å². The number of aromatic nitrogens is 3. The second-order valence-corrected chi connectivity index (χ2v) is 6.73. The van der Waals surface area contributed by atoms with Crippen molar-refractivity contribution in [3.8, 4) is 11.5 Å². The third-order valence-electron chi connectivity index (χ3n) is 4.80. The van der Waals surface area contributed by atoms with Gasteiger partial charge in [0.1, 0.15) is 22.8 Å². The summed E-state index contributed by atoms with van der Waals surface area (Å²) in [6.07, 6.45) is 1.74. The minimum atomic E-state index is -0.193. The molecule has 7 heteroatoms. The van der Waals surface area contributed by atoms with Gasteiger partial charge in [-0.1, -0.05) is 18.2 Å². The SMILES string of the molecule is COc1cccc(Cn2c(CNC(=O)c3cccc(OC)c3)nc3cccnc32)c1. The van der Waals surface area contributed by atoms with E-state index in [1.54, 1.807) is 44.7 Å². The summed E-state index contributed by atoms with van der Waals surface area (Å²) >= 11 is 0. The molecule has 2 aromatic heterocycles. The molecule has 4 rings (SSSR count). The first-order valence-corrected chi connectivity index (χ1v) is 9.53. The van der Waals surface area contributed by atoms with Crippen molar-refractivity contribution in [1.29, 1.82) is 0 Å². The molecule has 0 radical (unpaired) electrons. The van der Waals surface area contributed by atoms with Crippen LogP contribution in [0.15, 0.2) is 66.9 Å². The Morgan fingerprint density at radius 2 is 1.77 bits per heavy atom. The van der Waals surface area contributed by atoms with E-state index in [9.17, 15) is 4.79 Å². The highest BCUT2D eigenvalue weighted by Gasteiger charge is 2.14. The molecular formula is C23H22N4O3. The summed E-state index contributed by atoms with van der Waals surface area (Å²) in [6, 6.07) is 18.7. The highest BCUT2D eigenvalue weighted by Crippen LogP contribution is 2.19. The fourth-order valence-corrected chi connectivity index (χ4v) is 3.29. The van der Waals surface area contributed by atoms with Crippen molar-refractivity contribution >= 4 is 17.1 Å². The molecule has 0 bridgehead atoms. The molecule has 0 saturated carbocycles. The van der Waals surface area contributed by atoms with Gasteiger partial charge in [0.2, 0.25) is 0 Å². The Hall–Kier alpha value is -3.87. The Morgan fingerprint density at radius 1 is 1.00 bits per heavy atom. The van der Waals surface area contributed by atoms with Crippen molar-refractivity contribution in [2.75, 3.05) is 14.2 Å². The van der Waals surface area contributed by atoms with E-state index >= 15 is 0 Å². The maximum Gasteiger partial charge on any atom is 0.251 e. The number of nitrogens with zero attached hydrogens (tertiary/aromatic N) is 3. The molecule has 152 valence electrons. The van der Waals surface area contributed by atoms with Gasteiger partial charge in [-0.25, -0.2) is 9.97 Å². The van der Waals surface area contributed by atoms with Gasteiger partial charge in [0.05, 0.1) is 27.3 Å². The quantitative estimate of drug-likeness (QED) is 0.512. The summed E-state index contributed by atoms with van der Waals surface area (Å²) in [5.74, 6) is 1.96. The molecule has 7 nitrogen and oxygen atoms in total. The molecule has 0 atom stereocenters. The molecule has 2 heterocycles. The Morgan fingerprint density at radius 3 is 2.57 bits per heavy atom. The summed E-state index contributed by atoms with van der Waals surface area (Å²) < 4.78 is 12.5. The van der Waals surface area contributed by atoms with Gasteiger partial charge < -0.3 is 19.4 Å². The highest BCUT2D eigenvalue weighted by molar-refractivity contribution is 5.94. The number of hydrogen-bond acceptors (Lipinski definition) is 5. The van der Waals surface area contributed by atoms with E-state index in [1.807, 2.05) is 41.0 Å². The summed E-state index contributed by atoms with van der Waals surface area (Å²) in [5.41, 5.74) is 3.14. The van der Waals surface area contributed by atoms with Gasteiger partial charge in [-0.15, -0.1) is 0 Å². The molecule has 0 spiro atoms. The predicted octanol–water partition coefficient (Wildman–Crippen LogP) is 3.43. The lowest BCUT2D eigenvalue weighted by Crippen LogP contribution is -2.25. The smallest absolute Gasteiger partial charge is 0.251 e. The van der Waals surface area contributed by atoms with E-state index in [4.69, 9.17) is 9.47 Å². The fraction of sp³-hybridized carbons (Fsp3) is 0.174. The monoisotopic (exact) mass is 402 g/mol. The minimum Gasteiger partial charge on any atom is -0.497 e. The number of amides is 1. The van der Waals surface area contributed by atoms with E-state index in [-0.39, 0.29) is 12.5 Å². The van der Waals surface area contributed by atoms with Crippen LogP contribution in [0.2, 0.25) is 0 Å². The molecule has 30 heavy (non-hydrogen) atoms. The fourth-order valence-electron chi connectivity index (χ4n) is 3.29. The van der Waals surface area contributed by atoms with Crippen LogP contribution in [0.5, 0.6) is 11.5 Å². The zero-order valence-corrected chi connectivity index (χ0v) is 16.8. The van der Waals surface area contributed by atoms with Crippen molar-refractivity contribution in [2.45, 2.75) is 13.1 Å². The lowest BCUT2D eigenvalue weighted by Gasteiger charge is -2.11. The molecule has 1 N–H and O–H groups in total. The first-order valence-electron chi connectivity index (χ1n) is 9.53. The van der Waals surface area contributed by atoms with E-state index in [2.05, 4.69) is 15.3 Å². The Balaban J connectivity index is 1.60. The zero-order chi connectivity index (χ0) is 20.9. The molecule has 0 unspecified atom stereocenters. The first kappa shape index (κ1) is 19.4. The van der Waals surface area contributed by atoms with E-state index in [0.29, 0.717) is 17.9 Å². The van der Waals surface area contributed by atoms with Gasteiger partial charge in [-0.2, -0.15) is 0 Å². The molecule has 4 aromatic rings. The Kier molecular flexibility index (Phi) is 5.61. The van der Waals surface area contributed by atoms with Crippen molar-refractivity contribution in [3.05, 3.63) is 83.8 Å². The lowest BCUT2D eigenvalue weighted by molar-refractivity contribution is 0.0949. The number of nitrogens with one attached hydrogen (secondary N) is 1. The van der Waals surface area contributed by atoms with Crippen LogP contribution in [-0.2, 0) is 13.1 Å². The molecule has 0 aliphatic carbocycles. The van der Waals surface area contributed by atoms with Crippen LogP contribution >= 0.6 is 0 Å². The Labute approximate surface area is 174 Å². The number of carbonyl (C=O) groups is 1. The topological polar surface area (TPSA) is 78.3 Å². The van der Waals surface area contributed by atoms with Gasteiger partial charge in [-0.3, -0.25) is 4.79 Å². The summed E-state index contributed by atoms with van der Waals surface area (Å²) in [5, 5.41) is 2.95. The molecule has 0 aliphatic heterocycles. The second kappa shape index (κ2) is 8.65. The normalized spacial score (nSPS) is 10.7. The van der Waals surface area contributed by atoms with Gasteiger partial charge in [-0.05, 0) is 48.0 Å². The van der Waals surface area contributed by atoms with Crippen molar-refractivity contribution < 1.29 is 14.3 Å². The zero-order valence-electron chi connectivity index (χ0n) is 16.8. The number of ether oxygens (including phenoxy) is 2. The van der Waals surface area contributed by atoms with Crippen LogP contribution in [0.3, 0.4) is 0 Å². The predicted molar refractivity (Wildman–Crippen MR) is 114 cm³/mol. The summed E-state index contributed by atoms with van der Waals surface area (Å²) in [6.45, 7) is 0.839. The van der Waals surface area contributed by atoms with Gasteiger partial charge in [0, 0.05) is 11.8 Å². The number of rotatable bonds is 7. The van der Waals surface area contributed by atoms with Gasteiger partial charge >= 0.3 is 0 Å². The standard InChI is InChI=1S/C23H22N4O3/c1-29-18-8-3-6-16(12-18)15-27-21(26-20-10-5-11-24-22(20)27)14-25-23(28)17-7-4-9-19(13-17)30-2/h3-13H,14-15H2,1-2H3,(H,25,28). The summed E-state index contributed by atoms with van der Waals surface area (Å²) in [4.78, 5) is 21.8. The second-order valence-electron chi connectivity index (χ2n) is 6.73. The number of carbonyl (C=O) groups excluding carboxylic acids is 1. The number of imidazole rings is 1. The third-order valence-corrected chi connectivity index (χ3v) is 4.80. The molecular weight excluding hydrogens is 380 g/mol. The van der Waals surface area contributed by atoms with Crippen LogP contribution < -0.4 is 14.8 Å². The van der Waals surface area contributed by atoms with Crippen molar-refractivity contribution in [2.24, 2.45) is 0 Å². The molecule has 0 fully saturated rings. The van der Waals surface area contributed by atoms with Crippen LogP contribution in [0.25, 0.3) is 11.2 Å². The number of fused-ring (bicyclic) bond motifs is 1. The number of pyridine rings is 1. The number of methoxy groups -OCH3 is 2. The Bertz CT molecular complexity index is 1190. The van der Waals surface area contributed by atoms with Gasteiger partial charge in [0.15, 0.2) is 5.65 Å². The first-order chi connectivity index (χ1) is 14.7. The molecule has 0 saturated heterocycles. The van der Waals surface area contributed by atoms with Crippen LogP contribution in [0.4, 0.5) is 0 Å². The van der Waals surface area contributed by atoms with Crippen LogP contribution in [-0.4, -0.2) is 34.7 Å². The number of benzene rings is 2. The third kappa shape index (κ3) is 4.10. The maximum atomic E-state index is 12.6. The van der Waals surface area contributed by atoms with E-state index in [1.165, 1.54) is 0 Å². The van der Waals surface area contributed by atoms with Crippen molar-refractivity contribution in [3.63, 3.8) is 0 Å². The average molecular weight is 402 g/mol. The maximum absolute atomic E-state index is 12.6. The van der Waals surface area contributed by atoms with E-state index in [0.717, 1.165) is 28.3 Å².